The highest BCUT2D eigenvalue weighted by Gasteiger charge is 2.37. The van der Waals surface area contributed by atoms with E-state index >= 15 is 0 Å². The molecule has 6 nitrogen and oxygen atoms in total. The summed E-state index contributed by atoms with van der Waals surface area (Å²) in [7, 11) is 0. The van der Waals surface area contributed by atoms with Gasteiger partial charge in [-0.15, -0.1) is 0 Å². The summed E-state index contributed by atoms with van der Waals surface area (Å²) < 4.78 is 0. The molecule has 1 saturated heterocycles. The van der Waals surface area contributed by atoms with Gasteiger partial charge in [0.05, 0.1) is 6.04 Å². The third kappa shape index (κ3) is 6.96. The second-order valence-corrected chi connectivity index (χ2v) is 9.55. The van der Waals surface area contributed by atoms with Crippen LogP contribution in [0.1, 0.15) is 58.4 Å². The minimum atomic E-state index is -0.0722. The molecule has 2 N–H and O–H groups in total. The van der Waals surface area contributed by atoms with Crippen LogP contribution < -0.4 is 10.6 Å². The lowest BCUT2D eigenvalue weighted by Crippen LogP contribution is -2.59. The van der Waals surface area contributed by atoms with Gasteiger partial charge < -0.3 is 15.5 Å². The van der Waals surface area contributed by atoms with Gasteiger partial charge in [0.15, 0.2) is 0 Å². The molecular weight excluding hydrogens is 388 g/mol. The Morgan fingerprint density at radius 3 is 2.23 bits per heavy atom. The lowest BCUT2D eigenvalue weighted by atomic mass is 9.94. The van der Waals surface area contributed by atoms with Crippen LogP contribution in [0.4, 0.5) is 4.79 Å². The number of aryl methyl sites for hydroxylation is 1. The van der Waals surface area contributed by atoms with E-state index in [2.05, 4.69) is 46.7 Å². The van der Waals surface area contributed by atoms with E-state index in [0.29, 0.717) is 19.0 Å². The summed E-state index contributed by atoms with van der Waals surface area (Å²) in [4.78, 5) is 29.9. The van der Waals surface area contributed by atoms with E-state index in [9.17, 15) is 9.59 Å². The van der Waals surface area contributed by atoms with E-state index in [1.54, 1.807) is 0 Å². The van der Waals surface area contributed by atoms with E-state index in [-0.39, 0.29) is 30.1 Å². The normalized spacial score (nSPS) is 19.9. The number of rotatable bonds is 8. The molecule has 1 aromatic rings. The Hall–Kier alpha value is -2.08. The van der Waals surface area contributed by atoms with E-state index in [4.69, 9.17) is 0 Å². The molecule has 1 aliphatic carbocycles. The third-order valence-electron chi connectivity index (χ3n) is 6.62. The number of carbonyl (C=O) groups is 2. The van der Waals surface area contributed by atoms with Crippen molar-refractivity contribution in [3.8, 4) is 0 Å². The summed E-state index contributed by atoms with van der Waals surface area (Å²) in [5, 5.41) is 6.29. The van der Waals surface area contributed by atoms with Gasteiger partial charge in [0.25, 0.3) is 0 Å². The number of hydrogen-bond acceptors (Lipinski definition) is 3. The molecule has 172 valence electrons. The van der Waals surface area contributed by atoms with Crippen LogP contribution in [0.15, 0.2) is 30.3 Å². The van der Waals surface area contributed by atoms with E-state index in [1.165, 1.54) is 18.4 Å². The molecule has 1 aromatic carbocycles. The number of benzene rings is 1. The summed E-state index contributed by atoms with van der Waals surface area (Å²) in [5.74, 6) is 0.602. The predicted molar refractivity (Wildman–Crippen MR) is 125 cm³/mol. The van der Waals surface area contributed by atoms with Gasteiger partial charge in [-0.25, -0.2) is 4.79 Å². The number of carbonyl (C=O) groups excluding carboxylic acids is 2. The quantitative estimate of drug-likeness (QED) is 0.667. The zero-order valence-corrected chi connectivity index (χ0v) is 19.5. The maximum absolute atomic E-state index is 13.4. The average Bonchev–Trinajstić information content (AvgIpc) is 3.27. The predicted octanol–water partition coefficient (Wildman–Crippen LogP) is 3.42. The van der Waals surface area contributed by atoms with Crippen molar-refractivity contribution in [2.45, 2.75) is 77.4 Å². The summed E-state index contributed by atoms with van der Waals surface area (Å²) in [5.41, 5.74) is 1.31. The van der Waals surface area contributed by atoms with Crippen LogP contribution in [0.25, 0.3) is 0 Å². The molecule has 0 unspecified atom stereocenters. The number of urea groups is 1. The zero-order chi connectivity index (χ0) is 22.2. The van der Waals surface area contributed by atoms with E-state index in [1.807, 2.05) is 24.8 Å². The van der Waals surface area contributed by atoms with Crippen molar-refractivity contribution in [1.82, 2.24) is 20.4 Å². The number of piperazine rings is 1. The molecule has 3 rings (SSSR count). The molecule has 0 radical (unpaired) electrons. The first-order valence-corrected chi connectivity index (χ1v) is 12.1. The van der Waals surface area contributed by atoms with Crippen LogP contribution in [0, 0.1) is 5.92 Å². The molecule has 6 heteroatoms. The topological polar surface area (TPSA) is 64.7 Å². The lowest BCUT2D eigenvalue weighted by Gasteiger charge is -2.41. The molecule has 0 aromatic heterocycles. The fourth-order valence-electron chi connectivity index (χ4n) is 4.92. The largest absolute Gasteiger partial charge is 0.352 e. The zero-order valence-electron chi connectivity index (χ0n) is 19.5. The SMILES string of the molecule is CC(C)NC(=O)N1CCN([C@@H](C(=O)N[C@H](C)CCc2ccccc2)C2CCCC2)CC1. The van der Waals surface area contributed by atoms with Crippen LogP contribution >= 0.6 is 0 Å². The maximum Gasteiger partial charge on any atom is 0.317 e. The molecular formula is C25H40N4O2. The van der Waals surface area contributed by atoms with Crippen LogP contribution in [-0.2, 0) is 11.2 Å². The van der Waals surface area contributed by atoms with Gasteiger partial charge in [0.1, 0.15) is 0 Å². The van der Waals surface area contributed by atoms with Crippen LogP contribution in [0.2, 0.25) is 0 Å². The Kier molecular flexibility index (Phi) is 8.76. The van der Waals surface area contributed by atoms with Crippen molar-refractivity contribution in [2.75, 3.05) is 26.2 Å². The standard InChI is InChI=1S/C25H40N4O2/c1-19(2)26-25(31)29-17-15-28(16-18-29)23(22-11-7-8-12-22)24(30)27-20(3)13-14-21-9-5-4-6-10-21/h4-6,9-10,19-20,22-23H,7-8,11-18H2,1-3H3,(H,26,31)(H,27,30)/t20-,23-/m1/s1. The van der Waals surface area contributed by atoms with Crippen molar-refractivity contribution in [3.05, 3.63) is 35.9 Å². The highest BCUT2D eigenvalue weighted by atomic mass is 16.2. The minimum Gasteiger partial charge on any atom is -0.352 e. The molecule has 0 spiro atoms. The molecule has 2 aliphatic rings. The van der Waals surface area contributed by atoms with Gasteiger partial charge in [-0.2, -0.15) is 0 Å². The van der Waals surface area contributed by atoms with Gasteiger partial charge in [-0.1, -0.05) is 43.2 Å². The van der Waals surface area contributed by atoms with E-state index < -0.39 is 0 Å². The highest BCUT2D eigenvalue weighted by molar-refractivity contribution is 5.82. The maximum atomic E-state index is 13.4. The molecule has 3 amide bonds. The van der Waals surface area contributed by atoms with E-state index in [0.717, 1.165) is 38.8 Å². The Morgan fingerprint density at radius 2 is 1.61 bits per heavy atom. The second kappa shape index (κ2) is 11.5. The first-order chi connectivity index (χ1) is 14.9. The summed E-state index contributed by atoms with van der Waals surface area (Å²) in [6.07, 6.45) is 6.61. The Morgan fingerprint density at radius 1 is 0.968 bits per heavy atom. The van der Waals surface area contributed by atoms with Crippen LogP contribution in [0.5, 0.6) is 0 Å². The summed E-state index contributed by atoms with van der Waals surface area (Å²) >= 11 is 0. The molecule has 31 heavy (non-hydrogen) atoms. The van der Waals surface area contributed by atoms with Crippen molar-refractivity contribution in [2.24, 2.45) is 5.92 Å². The van der Waals surface area contributed by atoms with Gasteiger partial charge in [0, 0.05) is 38.3 Å². The summed E-state index contributed by atoms with van der Waals surface area (Å²) in [6.45, 7) is 8.95. The number of nitrogens with zero attached hydrogens (tertiary/aromatic N) is 2. The highest BCUT2D eigenvalue weighted by Crippen LogP contribution is 2.31. The molecule has 0 bridgehead atoms. The number of nitrogens with one attached hydrogen (secondary N) is 2. The van der Waals surface area contributed by atoms with Crippen molar-refractivity contribution in [3.63, 3.8) is 0 Å². The monoisotopic (exact) mass is 428 g/mol. The first-order valence-electron chi connectivity index (χ1n) is 12.1. The number of hydrogen-bond donors (Lipinski definition) is 2. The molecule has 1 heterocycles. The fourth-order valence-corrected chi connectivity index (χ4v) is 4.92. The molecule has 1 saturated carbocycles. The Balaban J connectivity index is 1.55. The first kappa shape index (κ1) is 23.6. The van der Waals surface area contributed by atoms with Gasteiger partial charge in [-0.3, -0.25) is 9.69 Å². The Labute approximate surface area is 187 Å². The second-order valence-electron chi connectivity index (χ2n) is 9.55. The lowest BCUT2D eigenvalue weighted by molar-refractivity contribution is -0.129. The van der Waals surface area contributed by atoms with Gasteiger partial charge in [-0.05, 0) is 57.9 Å². The molecule has 1 aliphatic heterocycles. The molecule has 2 fully saturated rings. The third-order valence-corrected chi connectivity index (χ3v) is 6.62. The average molecular weight is 429 g/mol. The fraction of sp³-hybridized carbons (Fsp3) is 0.680. The Bertz CT molecular complexity index is 695. The minimum absolute atomic E-state index is 0.00560. The van der Waals surface area contributed by atoms with Crippen molar-refractivity contribution in [1.29, 1.82) is 0 Å². The summed E-state index contributed by atoms with van der Waals surface area (Å²) in [6, 6.07) is 10.7. The van der Waals surface area contributed by atoms with Crippen LogP contribution in [0.3, 0.4) is 0 Å². The van der Waals surface area contributed by atoms with Crippen LogP contribution in [-0.4, -0.2) is 66.0 Å². The smallest absolute Gasteiger partial charge is 0.317 e. The van der Waals surface area contributed by atoms with Gasteiger partial charge in [0.2, 0.25) is 5.91 Å². The van der Waals surface area contributed by atoms with Crippen molar-refractivity contribution < 1.29 is 9.59 Å². The van der Waals surface area contributed by atoms with Crippen molar-refractivity contribution >= 4 is 11.9 Å². The molecule has 2 atom stereocenters. The van der Waals surface area contributed by atoms with Gasteiger partial charge >= 0.3 is 6.03 Å². The number of amides is 3.